The minimum Gasteiger partial charge on any atom is -0.369 e. The van der Waals surface area contributed by atoms with Gasteiger partial charge in [-0.25, -0.2) is 4.39 Å². The van der Waals surface area contributed by atoms with Crippen molar-refractivity contribution < 1.29 is 9.18 Å². The van der Waals surface area contributed by atoms with E-state index in [0.29, 0.717) is 24.7 Å². The topological polar surface area (TPSA) is 70.1 Å². The Morgan fingerprint density at radius 3 is 2.95 bits per heavy atom. The predicted octanol–water partition coefficient (Wildman–Crippen LogP) is 1.78. The molecule has 2 atom stereocenters. The van der Waals surface area contributed by atoms with E-state index in [1.54, 1.807) is 6.07 Å². The van der Waals surface area contributed by atoms with Crippen LogP contribution < -0.4 is 5.73 Å². The first-order valence-electron chi connectivity index (χ1n) is 6.73. The van der Waals surface area contributed by atoms with Crippen molar-refractivity contribution in [1.29, 1.82) is 5.26 Å². The van der Waals surface area contributed by atoms with Crippen LogP contribution in [0.4, 0.5) is 4.39 Å². The van der Waals surface area contributed by atoms with Gasteiger partial charge in [0.05, 0.1) is 17.6 Å². The molecule has 5 heteroatoms. The average Bonchev–Trinajstić information content (AvgIpc) is 2.42. The molecular weight excluding hydrogens is 257 g/mol. The minimum atomic E-state index is -0.410. The zero-order valence-electron chi connectivity index (χ0n) is 11.5. The van der Waals surface area contributed by atoms with Gasteiger partial charge in [-0.3, -0.25) is 9.69 Å². The molecule has 1 amide bonds. The third kappa shape index (κ3) is 3.14. The van der Waals surface area contributed by atoms with Crippen molar-refractivity contribution in [3.63, 3.8) is 0 Å². The average molecular weight is 275 g/mol. The quantitative estimate of drug-likeness (QED) is 0.914. The van der Waals surface area contributed by atoms with Crippen molar-refractivity contribution in [1.82, 2.24) is 4.90 Å². The lowest BCUT2D eigenvalue weighted by Gasteiger charge is -2.37. The van der Waals surface area contributed by atoms with E-state index in [9.17, 15) is 9.18 Å². The summed E-state index contributed by atoms with van der Waals surface area (Å²) in [6.45, 7) is 3.22. The Balaban J connectivity index is 2.16. The number of nitrogens with two attached hydrogens (primary N) is 1. The molecule has 1 aliphatic rings. The van der Waals surface area contributed by atoms with Crippen molar-refractivity contribution in [3.8, 4) is 6.07 Å². The van der Waals surface area contributed by atoms with E-state index in [1.807, 2.05) is 6.07 Å². The molecule has 0 saturated carbocycles. The molecule has 4 nitrogen and oxygen atoms in total. The van der Waals surface area contributed by atoms with Crippen LogP contribution in [0.2, 0.25) is 0 Å². The SMILES string of the molecule is CC1CCC(C(N)=O)CN1Cc1ccc(F)cc1C#N. The second-order valence-corrected chi connectivity index (χ2v) is 5.37. The fourth-order valence-electron chi connectivity index (χ4n) is 2.64. The molecule has 0 spiro atoms. The van der Waals surface area contributed by atoms with Gasteiger partial charge in [0.1, 0.15) is 5.82 Å². The zero-order chi connectivity index (χ0) is 14.7. The molecule has 20 heavy (non-hydrogen) atoms. The molecule has 1 fully saturated rings. The number of rotatable bonds is 3. The monoisotopic (exact) mass is 275 g/mol. The number of halogens is 1. The number of nitriles is 1. The number of hydrogen-bond acceptors (Lipinski definition) is 3. The number of carbonyl (C=O) groups excluding carboxylic acids is 1. The van der Waals surface area contributed by atoms with Crippen LogP contribution in [0, 0.1) is 23.1 Å². The summed E-state index contributed by atoms with van der Waals surface area (Å²) in [4.78, 5) is 13.5. The summed E-state index contributed by atoms with van der Waals surface area (Å²) in [6.07, 6.45) is 1.71. The summed E-state index contributed by atoms with van der Waals surface area (Å²) < 4.78 is 13.1. The summed E-state index contributed by atoms with van der Waals surface area (Å²) in [6, 6.07) is 6.57. The van der Waals surface area contributed by atoms with E-state index in [1.165, 1.54) is 12.1 Å². The Morgan fingerprint density at radius 1 is 1.55 bits per heavy atom. The molecule has 2 unspecified atom stereocenters. The number of amides is 1. The Labute approximate surface area is 118 Å². The number of hydrogen-bond donors (Lipinski definition) is 1. The lowest BCUT2D eigenvalue weighted by Crippen LogP contribution is -2.45. The molecule has 2 rings (SSSR count). The largest absolute Gasteiger partial charge is 0.369 e. The van der Waals surface area contributed by atoms with Crippen LogP contribution >= 0.6 is 0 Å². The maximum absolute atomic E-state index is 13.1. The van der Waals surface area contributed by atoms with E-state index in [-0.39, 0.29) is 11.8 Å². The molecule has 0 aromatic heterocycles. The maximum Gasteiger partial charge on any atom is 0.221 e. The van der Waals surface area contributed by atoms with Crippen LogP contribution in [-0.2, 0) is 11.3 Å². The highest BCUT2D eigenvalue weighted by molar-refractivity contribution is 5.77. The summed E-state index contributed by atoms with van der Waals surface area (Å²) in [7, 11) is 0. The van der Waals surface area contributed by atoms with E-state index in [2.05, 4.69) is 11.8 Å². The smallest absolute Gasteiger partial charge is 0.221 e. The summed E-state index contributed by atoms with van der Waals surface area (Å²) >= 11 is 0. The summed E-state index contributed by atoms with van der Waals surface area (Å²) in [5, 5.41) is 9.07. The van der Waals surface area contributed by atoms with Crippen LogP contribution in [0.5, 0.6) is 0 Å². The molecule has 1 aliphatic heterocycles. The van der Waals surface area contributed by atoms with Gasteiger partial charge in [-0.2, -0.15) is 5.26 Å². The number of piperidine rings is 1. The van der Waals surface area contributed by atoms with E-state index >= 15 is 0 Å². The van der Waals surface area contributed by atoms with Crippen molar-refractivity contribution in [2.45, 2.75) is 32.4 Å². The zero-order valence-corrected chi connectivity index (χ0v) is 11.5. The van der Waals surface area contributed by atoms with Gasteiger partial charge in [0.25, 0.3) is 0 Å². The normalized spacial score (nSPS) is 23.2. The predicted molar refractivity (Wildman–Crippen MR) is 72.9 cm³/mol. The second kappa shape index (κ2) is 6.02. The second-order valence-electron chi connectivity index (χ2n) is 5.37. The first-order valence-corrected chi connectivity index (χ1v) is 6.73. The van der Waals surface area contributed by atoms with Crippen molar-refractivity contribution in [2.75, 3.05) is 6.54 Å². The molecule has 0 radical (unpaired) electrons. The molecule has 0 aliphatic carbocycles. The number of likely N-dealkylation sites (tertiary alicyclic amines) is 1. The molecule has 2 N–H and O–H groups in total. The standard InChI is InChI=1S/C15H18FN3O/c1-10-2-3-12(15(18)20)9-19(10)8-11-4-5-14(16)6-13(11)7-17/h4-6,10,12H,2-3,8-9H2,1H3,(H2,18,20). The van der Waals surface area contributed by atoms with Crippen molar-refractivity contribution in [3.05, 3.63) is 35.1 Å². The van der Waals surface area contributed by atoms with Gasteiger partial charge in [0.2, 0.25) is 5.91 Å². The van der Waals surface area contributed by atoms with Crippen LogP contribution in [0.15, 0.2) is 18.2 Å². The number of benzene rings is 1. The van der Waals surface area contributed by atoms with Gasteiger partial charge in [-0.15, -0.1) is 0 Å². The van der Waals surface area contributed by atoms with E-state index in [0.717, 1.165) is 18.4 Å². The summed E-state index contributed by atoms with van der Waals surface area (Å²) in [5.41, 5.74) is 6.51. The third-order valence-corrected chi connectivity index (χ3v) is 3.98. The van der Waals surface area contributed by atoms with Gasteiger partial charge in [0, 0.05) is 19.1 Å². The lowest BCUT2D eigenvalue weighted by atomic mass is 9.92. The van der Waals surface area contributed by atoms with Crippen LogP contribution in [0.1, 0.15) is 30.9 Å². The fourth-order valence-corrected chi connectivity index (χ4v) is 2.64. The van der Waals surface area contributed by atoms with Crippen molar-refractivity contribution in [2.24, 2.45) is 11.7 Å². The molecular formula is C15H18FN3O. The number of primary amides is 1. The first-order chi connectivity index (χ1) is 9.51. The highest BCUT2D eigenvalue weighted by Crippen LogP contribution is 2.24. The highest BCUT2D eigenvalue weighted by atomic mass is 19.1. The molecule has 1 aromatic rings. The van der Waals surface area contributed by atoms with E-state index in [4.69, 9.17) is 11.0 Å². The van der Waals surface area contributed by atoms with E-state index < -0.39 is 5.82 Å². The number of carbonyl (C=O) groups is 1. The minimum absolute atomic E-state index is 0.141. The maximum atomic E-state index is 13.1. The first kappa shape index (κ1) is 14.5. The molecule has 1 saturated heterocycles. The van der Waals surface area contributed by atoms with Crippen molar-refractivity contribution >= 4 is 5.91 Å². The van der Waals surface area contributed by atoms with Gasteiger partial charge in [-0.1, -0.05) is 6.07 Å². The Morgan fingerprint density at radius 2 is 2.30 bits per heavy atom. The fraction of sp³-hybridized carbons (Fsp3) is 0.467. The van der Waals surface area contributed by atoms with Gasteiger partial charge in [-0.05, 0) is 37.5 Å². The lowest BCUT2D eigenvalue weighted by molar-refractivity contribution is -0.124. The van der Waals surface area contributed by atoms with Crippen LogP contribution in [-0.4, -0.2) is 23.4 Å². The Kier molecular flexibility index (Phi) is 4.35. The molecule has 1 heterocycles. The summed E-state index contributed by atoms with van der Waals surface area (Å²) in [5.74, 6) is -0.828. The molecule has 1 aromatic carbocycles. The third-order valence-electron chi connectivity index (χ3n) is 3.98. The Hall–Kier alpha value is -1.93. The Bertz CT molecular complexity index is 553. The highest BCUT2D eigenvalue weighted by Gasteiger charge is 2.28. The van der Waals surface area contributed by atoms with Gasteiger partial charge >= 0.3 is 0 Å². The van der Waals surface area contributed by atoms with Gasteiger partial charge < -0.3 is 5.73 Å². The number of nitrogens with zero attached hydrogens (tertiary/aromatic N) is 2. The molecule has 0 bridgehead atoms. The van der Waals surface area contributed by atoms with Crippen LogP contribution in [0.25, 0.3) is 0 Å². The van der Waals surface area contributed by atoms with Crippen LogP contribution in [0.3, 0.4) is 0 Å². The molecule has 106 valence electrons. The van der Waals surface area contributed by atoms with Gasteiger partial charge in [0.15, 0.2) is 0 Å².